The van der Waals surface area contributed by atoms with Crippen molar-refractivity contribution in [3.63, 3.8) is 0 Å². The third kappa shape index (κ3) is 4.94. The second kappa shape index (κ2) is 9.77. The lowest BCUT2D eigenvalue weighted by Crippen LogP contribution is -2.36. The van der Waals surface area contributed by atoms with E-state index in [1.165, 1.54) is 12.0 Å². The lowest BCUT2D eigenvalue weighted by Gasteiger charge is -2.19. The van der Waals surface area contributed by atoms with Crippen molar-refractivity contribution >= 4 is 52.2 Å². The SMILES string of the molecule is CC[C@@H](C)N1C(=O)S/C(=C/c2ccc(OCc3ccc(Cl)cc3Cl)c(OC)c2)C1=O. The summed E-state index contributed by atoms with van der Waals surface area (Å²) in [5, 5.41) is 0.839. The van der Waals surface area contributed by atoms with Gasteiger partial charge in [-0.1, -0.05) is 42.3 Å². The number of nitrogens with zero attached hydrogens (tertiary/aromatic N) is 1. The lowest BCUT2D eigenvalue weighted by molar-refractivity contribution is -0.124. The molecule has 0 radical (unpaired) electrons. The third-order valence-electron chi connectivity index (χ3n) is 4.74. The van der Waals surface area contributed by atoms with Crippen molar-refractivity contribution in [2.24, 2.45) is 0 Å². The standard InChI is InChI=1S/C22H21Cl2NO4S/c1-4-13(2)25-21(26)20(30-22(25)27)10-14-5-8-18(19(9-14)28-3)29-12-15-6-7-16(23)11-17(15)24/h5-11,13H,4,12H2,1-3H3/b20-10+/t13-/m1/s1. The maximum atomic E-state index is 12.6. The van der Waals surface area contributed by atoms with Crippen molar-refractivity contribution in [1.29, 1.82) is 0 Å². The number of thioether (sulfide) groups is 1. The molecule has 0 aromatic heterocycles. The van der Waals surface area contributed by atoms with E-state index in [1.54, 1.807) is 42.5 Å². The zero-order chi connectivity index (χ0) is 21.8. The molecular weight excluding hydrogens is 445 g/mol. The van der Waals surface area contributed by atoms with Gasteiger partial charge < -0.3 is 9.47 Å². The van der Waals surface area contributed by atoms with E-state index in [0.717, 1.165) is 22.9 Å². The summed E-state index contributed by atoms with van der Waals surface area (Å²) in [6.07, 6.45) is 2.40. The molecule has 0 aliphatic carbocycles. The van der Waals surface area contributed by atoms with Gasteiger partial charge in [0, 0.05) is 21.7 Å². The average Bonchev–Trinajstić information content (AvgIpc) is 3.00. The van der Waals surface area contributed by atoms with E-state index < -0.39 is 0 Å². The molecule has 2 aromatic carbocycles. The summed E-state index contributed by atoms with van der Waals surface area (Å²) in [7, 11) is 1.54. The quantitative estimate of drug-likeness (QED) is 0.441. The number of carbonyl (C=O) groups is 2. The van der Waals surface area contributed by atoms with Crippen LogP contribution in [-0.4, -0.2) is 29.2 Å². The molecule has 2 amide bonds. The minimum absolute atomic E-state index is 0.131. The highest BCUT2D eigenvalue weighted by molar-refractivity contribution is 8.18. The summed E-state index contributed by atoms with van der Waals surface area (Å²) >= 11 is 13.1. The number of methoxy groups -OCH3 is 1. The molecule has 0 bridgehead atoms. The molecule has 1 aliphatic heterocycles. The zero-order valence-corrected chi connectivity index (χ0v) is 19.1. The Morgan fingerprint density at radius 1 is 1.13 bits per heavy atom. The number of rotatable bonds is 7. The van der Waals surface area contributed by atoms with Crippen LogP contribution in [0.15, 0.2) is 41.3 Å². The molecule has 1 fully saturated rings. The van der Waals surface area contributed by atoms with Gasteiger partial charge in [-0.25, -0.2) is 0 Å². The monoisotopic (exact) mass is 465 g/mol. The van der Waals surface area contributed by atoms with E-state index in [2.05, 4.69) is 0 Å². The number of benzene rings is 2. The number of hydrogen-bond donors (Lipinski definition) is 0. The Kier molecular flexibility index (Phi) is 7.34. The van der Waals surface area contributed by atoms with Crippen LogP contribution in [-0.2, 0) is 11.4 Å². The van der Waals surface area contributed by atoms with Gasteiger partial charge in [-0.3, -0.25) is 14.5 Å². The molecule has 0 unspecified atom stereocenters. The number of amides is 2. The molecule has 1 saturated heterocycles. The van der Waals surface area contributed by atoms with Gasteiger partial charge >= 0.3 is 0 Å². The Morgan fingerprint density at radius 3 is 2.57 bits per heavy atom. The normalized spacial score (nSPS) is 16.3. The van der Waals surface area contributed by atoms with Crippen LogP contribution in [0.5, 0.6) is 11.5 Å². The fourth-order valence-corrected chi connectivity index (χ4v) is 4.27. The third-order valence-corrected chi connectivity index (χ3v) is 6.21. The summed E-state index contributed by atoms with van der Waals surface area (Å²) in [6, 6.07) is 10.4. The lowest BCUT2D eigenvalue weighted by atomic mass is 10.1. The van der Waals surface area contributed by atoms with Crippen molar-refractivity contribution in [3.8, 4) is 11.5 Å². The highest BCUT2D eigenvalue weighted by atomic mass is 35.5. The van der Waals surface area contributed by atoms with Crippen molar-refractivity contribution in [2.75, 3.05) is 7.11 Å². The fourth-order valence-electron chi connectivity index (χ4n) is 2.88. The first-order chi connectivity index (χ1) is 14.3. The van der Waals surface area contributed by atoms with Crippen molar-refractivity contribution < 1.29 is 19.1 Å². The minimum Gasteiger partial charge on any atom is -0.493 e. The summed E-state index contributed by atoms with van der Waals surface area (Å²) in [4.78, 5) is 26.5. The summed E-state index contributed by atoms with van der Waals surface area (Å²) in [5.74, 6) is 0.777. The van der Waals surface area contributed by atoms with Crippen LogP contribution in [0.25, 0.3) is 6.08 Å². The second-order valence-electron chi connectivity index (χ2n) is 6.74. The van der Waals surface area contributed by atoms with Crippen LogP contribution >= 0.6 is 35.0 Å². The van der Waals surface area contributed by atoms with Crippen LogP contribution in [0.4, 0.5) is 4.79 Å². The molecule has 1 atom stereocenters. The van der Waals surface area contributed by atoms with Gasteiger partial charge in [0.15, 0.2) is 11.5 Å². The van der Waals surface area contributed by atoms with E-state index in [1.807, 2.05) is 13.8 Å². The minimum atomic E-state index is -0.268. The molecule has 1 heterocycles. The molecule has 8 heteroatoms. The Hall–Kier alpha value is -2.15. The molecule has 0 saturated carbocycles. The highest BCUT2D eigenvalue weighted by Gasteiger charge is 2.37. The first-order valence-corrected chi connectivity index (χ1v) is 10.9. The topological polar surface area (TPSA) is 55.8 Å². The average molecular weight is 466 g/mol. The maximum absolute atomic E-state index is 12.6. The van der Waals surface area contributed by atoms with E-state index in [-0.39, 0.29) is 23.8 Å². The largest absolute Gasteiger partial charge is 0.493 e. The van der Waals surface area contributed by atoms with Crippen molar-refractivity contribution in [2.45, 2.75) is 32.9 Å². The number of halogens is 2. The van der Waals surface area contributed by atoms with Gasteiger partial charge in [-0.2, -0.15) is 0 Å². The van der Waals surface area contributed by atoms with E-state index >= 15 is 0 Å². The summed E-state index contributed by atoms with van der Waals surface area (Å²) in [6.45, 7) is 4.05. The van der Waals surface area contributed by atoms with Gasteiger partial charge in [0.25, 0.3) is 11.1 Å². The van der Waals surface area contributed by atoms with Crippen LogP contribution in [0, 0.1) is 0 Å². The van der Waals surface area contributed by atoms with E-state index in [9.17, 15) is 9.59 Å². The van der Waals surface area contributed by atoms with Gasteiger partial charge in [-0.05, 0) is 61.0 Å². The first kappa shape index (κ1) is 22.5. The van der Waals surface area contributed by atoms with E-state index in [0.29, 0.717) is 32.9 Å². The van der Waals surface area contributed by atoms with Gasteiger partial charge in [0.05, 0.1) is 12.0 Å². The highest BCUT2D eigenvalue weighted by Crippen LogP contribution is 2.36. The van der Waals surface area contributed by atoms with Gasteiger partial charge in [0.1, 0.15) is 6.61 Å². The van der Waals surface area contributed by atoms with Crippen molar-refractivity contribution in [3.05, 3.63) is 62.5 Å². The van der Waals surface area contributed by atoms with Gasteiger partial charge in [0.2, 0.25) is 0 Å². The molecule has 0 N–H and O–H groups in total. The predicted octanol–water partition coefficient (Wildman–Crippen LogP) is 6.42. The predicted molar refractivity (Wildman–Crippen MR) is 121 cm³/mol. The Balaban J connectivity index is 1.78. The molecule has 3 rings (SSSR count). The number of imide groups is 1. The number of carbonyl (C=O) groups excluding carboxylic acids is 2. The molecule has 2 aromatic rings. The Morgan fingerprint density at radius 2 is 1.90 bits per heavy atom. The molecular formula is C22H21Cl2NO4S. The van der Waals surface area contributed by atoms with E-state index in [4.69, 9.17) is 32.7 Å². The molecule has 158 valence electrons. The molecule has 30 heavy (non-hydrogen) atoms. The smallest absolute Gasteiger partial charge is 0.293 e. The summed E-state index contributed by atoms with van der Waals surface area (Å²) in [5.41, 5.74) is 1.53. The van der Waals surface area contributed by atoms with Gasteiger partial charge in [-0.15, -0.1) is 0 Å². The van der Waals surface area contributed by atoms with Crippen LogP contribution in [0.1, 0.15) is 31.4 Å². The Bertz CT molecular complexity index is 1010. The second-order valence-corrected chi connectivity index (χ2v) is 8.58. The zero-order valence-electron chi connectivity index (χ0n) is 16.8. The van der Waals surface area contributed by atoms with Crippen molar-refractivity contribution in [1.82, 2.24) is 4.90 Å². The first-order valence-electron chi connectivity index (χ1n) is 9.35. The molecule has 1 aliphatic rings. The molecule has 0 spiro atoms. The Labute approximate surface area is 189 Å². The number of hydrogen-bond acceptors (Lipinski definition) is 5. The fraction of sp³-hybridized carbons (Fsp3) is 0.273. The number of ether oxygens (including phenoxy) is 2. The van der Waals surface area contributed by atoms with Crippen LogP contribution in [0.2, 0.25) is 10.0 Å². The van der Waals surface area contributed by atoms with Crippen LogP contribution in [0.3, 0.4) is 0 Å². The molecule has 5 nitrogen and oxygen atoms in total. The summed E-state index contributed by atoms with van der Waals surface area (Å²) < 4.78 is 11.3. The van der Waals surface area contributed by atoms with Crippen LogP contribution < -0.4 is 9.47 Å². The maximum Gasteiger partial charge on any atom is 0.293 e.